The summed E-state index contributed by atoms with van der Waals surface area (Å²) in [5.74, 6) is 1.09. The molecule has 0 aliphatic rings. The molecule has 1 atom stereocenters. The molecular formula is C14H16O2. The molecule has 0 spiro atoms. The maximum Gasteiger partial charge on any atom is 0.137 e. The molecule has 1 N–H and O–H groups in total. The van der Waals surface area contributed by atoms with E-state index in [-0.39, 0.29) is 0 Å². The predicted molar refractivity (Wildman–Crippen MR) is 63.3 cm³/mol. The Morgan fingerprint density at radius 2 is 1.62 bits per heavy atom. The van der Waals surface area contributed by atoms with Crippen molar-refractivity contribution in [1.29, 1.82) is 0 Å². The highest BCUT2D eigenvalue weighted by Crippen LogP contribution is 2.24. The summed E-state index contributed by atoms with van der Waals surface area (Å²) in [7, 11) is 0. The maximum absolute atomic E-state index is 10.0. The van der Waals surface area contributed by atoms with E-state index in [2.05, 4.69) is 13.8 Å². The highest BCUT2D eigenvalue weighted by molar-refractivity contribution is 5.29. The van der Waals surface area contributed by atoms with Crippen molar-refractivity contribution < 1.29 is 9.52 Å². The third-order valence-electron chi connectivity index (χ3n) is 2.73. The molecule has 1 aromatic heterocycles. The lowest BCUT2D eigenvalue weighted by molar-refractivity contribution is 0.189. The Bertz CT molecular complexity index is 426. The maximum atomic E-state index is 10.0. The molecule has 0 amide bonds. The van der Waals surface area contributed by atoms with Crippen LogP contribution < -0.4 is 0 Å². The normalized spacial score (nSPS) is 13.0. The van der Waals surface area contributed by atoms with Gasteiger partial charge in [0.2, 0.25) is 0 Å². The van der Waals surface area contributed by atoms with Crippen molar-refractivity contribution in [3.05, 3.63) is 59.5 Å². The Morgan fingerprint density at radius 1 is 1.00 bits per heavy atom. The fourth-order valence-corrected chi connectivity index (χ4v) is 1.67. The number of aliphatic hydroxyl groups is 1. The highest BCUT2D eigenvalue weighted by atomic mass is 16.4. The largest absolute Gasteiger partial charge is 0.466 e. The molecule has 1 unspecified atom stereocenters. The van der Waals surface area contributed by atoms with E-state index < -0.39 is 6.10 Å². The van der Waals surface area contributed by atoms with Gasteiger partial charge in [0.05, 0.1) is 6.26 Å². The predicted octanol–water partition coefficient (Wildman–Crippen LogP) is 3.48. The van der Waals surface area contributed by atoms with Crippen LogP contribution in [-0.2, 0) is 0 Å². The number of rotatable bonds is 3. The van der Waals surface area contributed by atoms with Gasteiger partial charge in [-0.2, -0.15) is 0 Å². The van der Waals surface area contributed by atoms with Crippen molar-refractivity contribution in [3.8, 4) is 0 Å². The van der Waals surface area contributed by atoms with Crippen LogP contribution in [0.3, 0.4) is 0 Å². The van der Waals surface area contributed by atoms with E-state index in [0.29, 0.717) is 11.7 Å². The van der Waals surface area contributed by atoms with Gasteiger partial charge in [-0.25, -0.2) is 0 Å². The standard InChI is InChI=1S/C14H16O2/c1-10(2)11-5-7-12(8-6-11)14(15)13-4-3-9-16-13/h3-10,14-15H,1-2H3. The van der Waals surface area contributed by atoms with E-state index in [1.165, 1.54) is 5.56 Å². The zero-order valence-electron chi connectivity index (χ0n) is 9.55. The van der Waals surface area contributed by atoms with Crippen molar-refractivity contribution in [3.63, 3.8) is 0 Å². The van der Waals surface area contributed by atoms with Crippen molar-refractivity contribution in [2.75, 3.05) is 0 Å². The van der Waals surface area contributed by atoms with Crippen LogP contribution >= 0.6 is 0 Å². The summed E-state index contributed by atoms with van der Waals surface area (Å²) in [6.45, 7) is 4.30. The fourth-order valence-electron chi connectivity index (χ4n) is 1.67. The molecule has 0 saturated heterocycles. The molecule has 0 aliphatic carbocycles. The number of aliphatic hydroxyl groups excluding tert-OH is 1. The van der Waals surface area contributed by atoms with E-state index in [1.54, 1.807) is 18.4 Å². The second-order valence-corrected chi connectivity index (χ2v) is 4.24. The Labute approximate surface area is 95.5 Å². The van der Waals surface area contributed by atoms with E-state index in [4.69, 9.17) is 4.42 Å². The van der Waals surface area contributed by atoms with Gasteiger partial charge in [-0.15, -0.1) is 0 Å². The summed E-state index contributed by atoms with van der Waals surface area (Å²) in [5, 5.41) is 10.0. The molecule has 1 heterocycles. The number of hydrogen-bond donors (Lipinski definition) is 1. The Morgan fingerprint density at radius 3 is 2.12 bits per heavy atom. The van der Waals surface area contributed by atoms with Gasteiger partial charge in [-0.3, -0.25) is 0 Å². The molecule has 2 rings (SSSR count). The molecule has 2 nitrogen and oxygen atoms in total. The molecule has 0 fully saturated rings. The van der Waals surface area contributed by atoms with Crippen LogP contribution in [-0.4, -0.2) is 5.11 Å². The number of furan rings is 1. The van der Waals surface area contributed by atoms with Crippen LogP contribution in [0.1, 0.15) is 42.8 Å². The zero-order chi connectivity index (χ0) is 11.5. The van der Waals surface area contributed by atoms with Crippen LogP contribution in [0.25, 0.3) is 0 Å². The molecule has 84 valence electrons. The van der Waals surface area contributed by atoms with Crippen LogP contribution in [0, 0.1) is 0 Å². The first kappa shape index (κ1) is 11.0. The minimum atomic E-state index is -0.670. The third-order valence-corrected chi connectivity index (χ3v) is 2.73. The molecule has 0 saturated carbocycles. The van der Waals surface area contributed by atoms with Gasteiger partial charge in [-0.1, -0.05) is 38.1 Å². The number of hydrogen-bond acceptors (Lipinski definition) is 2. The molecule has 1 aromatic carbocycles. The van der Waals surface area contributed by atoms with Crippen LogP contribution in [0.5, 0.6) is 0 Å². The summed E-state index contributed by atoms with van der Waals surface area (Å²) in [6, 6.07) is 11.5. The first-order chi connectivity index (χ1) is 7.68. The second kappa shape index (κ2) is 4.54. The molecule has 0 aliphatic heterocycles. The summed E-state index contributed by atoms with van der Waals surface area (Å²) in [6.07, 6.45) is 0.900. The van der Waals surface area contributed by atoms with Gasteiger partial charge in [0.1, 0.15) is 11.9 Å². The van der Waals surface area contributed by atoms with Gasteiger partial charge in [0, 0.05) is 0 Å². The fraction of sp³-hybridized carbons (Fsp3) is 0.286. The van der Waals surface area contributed by atoms with Crippen LogP contribution in [0.2, 0.25) is 0 Å². The topological polar surface area (TPSA) is 33.4 Å². The quantitative estimate of drug-likeness (QED) is 0.852. The Kier molecular flexibility index (Phi) is 3.11. The SMILES string of the molecule is CC(C)c1ccc(C(O)c2ccco2)cc1. The van der Waals surface area contributed by atoms with Gasteiger partial charge in [0.15, 0.2) is 0 Å². The van der Waals surface area contributed by atoms with Crippen molar-refractivity contribution >= 4 is 0 Å². The smallest absolute Gasteiger partial charge is 0.137 e. The van der Waals surface area contributed by atoms with Crippen molar-refractivity contribution in [2.45, 2.75) is 25.9 Å². The minimum absolute atomic E-state index is 0.509. The van der Waals surface area contributed by atoms with Crippen molar-refractivity contribution in [1.82, 2.24) is 0 Å². The minimum Gasteiger partial charge on any atom is -0.466 e. The Balaban J connectivity index is 2.22. The van der Waals surface area contributed by atoms with Gasteiger partial charge in [-0.05, 0) is 29.2 Å². The summed E-state index contributed by atoms with van der Waals surface area (Å²) < 4.78 is 5.18. The van der Waals surface area contributed by atoms with Gasteiger partial charge >= 0.3 is 0 Å². The molecular weight excluding hydrogens is 200 g/mol. The molecule has 2 aromatic rings. The first-order valence-electron chi connectivity index (χ1n) is 5.50. The highest BCUT2D eigenvalue weighted by Gasteiger charge is 2.12. The lowest BCUT2D eigenvalue weighted by Crippen LogP contribution is -1.98. The Hall–Kier alpha value is -1.54. The lowest BCUT2D eigenvalue weighted by Gasteiger charge is -2.10. The van der Waals surface area contributed by atoms with E-state index in [0.717, 1.165) is 5.56 Å². The van der Waals surface area contributed by atoms with Gasteiger partial charge < -0.3 is 9.52 Å². The molecule has 0 bridgehead atoms. The number of benzene rings is 1. The van der Waals surface area contributed by atoms with E-state index in [9.17, 15) is 5.11 Å². The summed E-state index contributed by atoms with van der Waals surface area (Å²) in [4.78, 5) is 0. The van der Waals surface area contributed by atoms with Crippen LogP contribution in [0.15, 0.2) is 47.1 Å². The average molecular weight is 216 g/mol. The van der Waals surface area contributed by atoms with E-state index >= 15 is 0 Å². The van der Waals surface area contributed by atoms with Crippen LogP contribution in [0.4, 0.5) is 0 Å². The van der Waals surface area contributed by atoms with E-state index in [1.807, 2.05) is 24.3 Å². The summed E-state index contributed by atoms with van der Waals surface area (Å²) in [5.41, 5.74) is 2.13. The third kappa shape index (κ3) is 2.17. The average Bonchev–Trinajstić information content (AvgIpc) is 2.81. The second-order valence-electron chi connectivity index (χ2n) is 4.24. The molecule has 2 heteroatoms. The molecule has 0 radical (unpaired) electrons. The van der Waals surface area contributed by atoms with Gasteiger partial charge in [0.25, 0.3) is 0 Å². The zero-order valence-corrected chi connectivity index (χ0v) is 9.55. The molecule has 16 heavy (non-hydrogen) atoms. The lowest BCUT2D eigenvalue weighted by atomic mass is 9.99. The van der Waals surface area contributed by atoms with Crippen molar-refractivity contribution in [2.24, 2.45) is 0 Å². The summed E-state index contributed by atoms with van der Waals surface area (Å²) >= 11 is 0. The first-order valence-corrected chi connectivity index (χ1v) is 5.50. The monoisotopic (exact) mass is 216 g/mol.